The molecule has 0 fully saturated rings. The lowest BCUT2D eigenvalue weighted by Crippen LogP contribution is -2.29. The minimum Gasteiger partial charge on any atom is -0.385 e. The van der Waals surface area contributed by atoms with Crippen LogP contribution in [0.25, 0.3) is 10.8 Å². The lowest BCUT2D eigenvalue weighted by atomic mass is 9.69. The van der Waals surface area contributed by atoms with Crippen LogP contribution in [0, 0.1) is 11.3 Å². The second-order valence-electron chi connectivity index (χ2n) is 9.54. The molecular formula is C34H40N4. The van der Waals surface area contributed by atoms with Gasteiger partial charge in [-0.25, -0.2) is 0 Å². The minimum atomic E-state index is -0.964. The van der Waals surface area contributed by atoms with E-state index in [0.717, 1.165) is 65.9 Å². The molecule has 0 radical (unpaired) electrons. The molecule has 4 rings (SSSR count). The largest absolute Gasteiger partial charge is 0.385 e. The molecule has 38 heavy (non-hydrogen) atoms. The third kappa shape index (κ3) is 4.82. The van der Waals surface area contributed by atoms with Crippen LogP contribution in [-0.4, -0.2) is 32.7 Å². The van der Waals surface area contributed by atoms with Crippen molar-refractivity contribution < 1.29 is 0 Å². The summed E-state index contributed by atoms with van der Waals surface area (Å²) in [6.07, 6.45) is 0. The highest BCUT2D eigenvalue weighted by Gasteiger charge is 2.38. The smallest absolute Gasteiger partial charge is 0.133 e. The number of nitrogens with one attached hydrogen (secondary N) is 1. The fourth-order valence-corrected chi connectivity index (χ4v) is 5.66. The number of fused-ring (bicyclic) bond motifs is 1. The number of nitriles is 1. The molecule has 0 aromatic heterocycles. The molecule has 196 valence electrons. The molecule has 4 nitrogen and oxygen atoms in total. The molecule has 4 heteroatoms. The van der Waals surface area contributed by atoms with Gasteiger partial charge >= 0.3 is 0 Å². The molecule has 0 amide bonds. The van der Waals surface area contributed by atoms with Crippen molar-refractivity contribution in [2.75, 3.05) is 47.8 Å². The Bertz CT molecular complexity index is 1320. The van der Waals surface area contributed by atoms with E-state index in [9.17, 15) is 5.26 Å². The summed E-state index contributed by atoms with van der Waals surface area (Å²) < 4.78 is 0. The summed E-state index contributed by atoms with van der Waals surface area (Å²) in [7, 11) is 0. The van der Waals surface area contributed by atoms with Gasteiger partial charge in [0.15, 0.2) is 0 Å². The van der Waals surface area contributed by atoms with E-state index in [2.05, 4.69) is 141 Å². The maximum Gasteiger partial charge on any atom is 0.133 e. The van der Waals surface area contributed by atoms with Crippen molar-refractivity contribution in [2.24, 2.45) is 0 Å². The van der Waals surface area contributed by atoms with E-state index in [0.29, 0.717) is 0 Å². The summed E-state index contributed by atoms with van der Waals surface area (Å²) in [6.45, 7) is 15.4. The number of hydrogen-bond acceptors (Lipinski definition) is 4. The van der Waals surface area contributed by atoms with Crippen LogP contribution < -0.4 is 15.1 Å². The summed E-state index contributed by atoms with van der Waals surface area (Å²) in [5.74, 6) is 0. The summed E-state index contributed by atoms with van der Waals surface area (Å²) in [5.41, 5.74) is 5.44. The van der Waals surface area contributed by atoms with Crippen molar-refractivity contribution in [3.05, 3.63) is 102 Å². The van der Waals surface area contributed by atoms with E-state index >= 15 is 0 Å². The fraction of sp³-hybridized carbons (Fsp3) is 0.324. The van der Waals surface area contributed by atoms with Crippen molar-refractivity contribution >= 4 is 27.8 Å². The third-order valence-electron chi connectivity index (χ3n) is 7.72. The first kappa shape index (κ1) is 27.1. The summed E-state index contributed by atoms with van der Waals surface area (Å²) >= 11 is 0. The van der Waals surface area contributed by atoms with Crippen LogP contribution in [-0.2, 0) is 5.41 Å². The number of nitrogens with zero attached hydrogens (tertiary/aromatic N) is 3. The Kier molecular flexibility index (Phi) is 8.59. The highest BCUT2D eigenvalue weighted by atomic mass is 15.1. The van der Waals surface area contributed by atoms with Gasteiger partial charge in [-0.3, -0.25) is 0 Å². The van der Waals surface area contributed by atoms with Gasteiger partial charge < -0.3 is 15.1 Å². The Morgan fingerprint density at radius 2 is 1.11 bits per heavy atom. The van der Waals surface area contributed by atoms with Crippen LogP contribution in [0.1, 0.15) is 51.3 Å². The number of rotatable bonds is 11. The number of hydrogen-bond donors (Lipinski definition) is 1. The minimum absolute atomic E-state index is 0.840. The van der Waals surface area contributed by atoms with Crippen molar-refractivity contribution in [3.63, 3.8) is 0 Å². The van der Waals surface area contributed by atoms with E-state index in [1.807, 2.05) is 0 Å². The highest BCUT2D eigenvalue weighted by Crippen LogP contribution is 2.44. The van der Waals surface area contributed by atoms with Gasteiger partial charge in [-0.15, -0.1) is 0 Å². The molecule has 0 bridgehead atoms. The maximum absolute atomic E-state index is 11.1. The third-order valence-corrected chi connectivity index (χ3v) is 7.72. The fourth-order valence-electron chi connectivity index (χ4n) is 5.66. The molecule has 4 aromatic rings. The standard InChI is InChI=1S/C34H40N4/c1-6-36-33-24-23-32(30-13-11-12-14-31(30)33)34(25-35,26-15-19-28(20-16-26)37(7-2)8-3)27-17-21-29(22-18-27)38(9-4)10-5/h11-24,36H,6-10H2,1-5H3. The average Bonchev–Trinajstić information content (AvgIpc) is 2.97. The molecule has 4 aromatic carbocycles. The molecule has 0 unspecified atom stereocenters. The van der Waals surface area contributed by atoms with Gasteiger partial charge in [0.25, 0.3) is 0 Å². The van der Waals surface area contributed by atoms with Crippen LogP contribution in [0.2, 0.25) is 0 Å². The molecule has 1 N–H and O–H groups in total. The zero-order valence-corrected chi connectivity index (χ0v) is 23.5. The SMILES string of the molecule is CCNc1ccc(C(C#N)(c2ccc(N(CC)CC)cc2)c2ccc(N(CC)CC)cc2)c2ccccc12. The molecule has 0 atom stereocenters. The van der Waals surface area contributed by atoms with Crippen LogP contribution in [0.4, 0.5) is 17.1 Å². The molecule has 0 saturated carbocycles. The monoisotopic (exact) mass is 504 g/mol. The highest BCUT2D eigenvalue weighted by molar-refractivity contribution is 5.98. The van der Waals surface area contributed by atoms with Crippen molar-refractivity contribution in [3.8, 4) is 6.07 Å². The van der Waals surface area contributed by atoms with Gasteiger partial charge in [0.05, 0.1) is 6.07 Å². The van der Waals surface area contributed by atoms with Crippen molar-refractivity contribution in [1.29, 1.82) is 5.26 Å². The van der Waals surface area contributed by atoms with Gasteiger partial charge in [0.2, 0.25) is 0 Å². The molecule has 0 heterocycles. The lowest BCUT2D eigenvalue weighted by molar-refractivity contribution is 0.799. The molecule has 0 aliphatic heterocycles. The van der Waals surface area contributed by atoms with Gasteiger partial charge in [-0.1, -0.05) is 54.6 Å². The normalized spacial score (nSPS) is 11.3. The predicted molar refractivity (Wildman–Crippen MR) is 164 cm³/mol. The van der Waals surface area contributed by atoms with Crippen LogP contribution in [0.15, 0.2) is 84.9 Å². The van der Waals surface area contributed by atoms with Gasteiger partial charge in [0, 0.05) is 55.2 Å². The van der Waals surface area contributed by atoms with E-state index in [1.165, 1.54) is 11.4 Å². The van der Waals surface area contributed by atoms with Crippen molar-refractivity contribution in [2.45, 2.75) is 40.0 Å². The van der Waals surface area contributed by atoms with Crippen LogP contribution in [0.3, 0.4) is 0 Å². The predicted octanol–water partition coefficient (Wildman–Crippen LogP) is 7.82. The van der Waals surface area contributed by atoms with E-state index in [4.69, 9.17) is 0 Å². The maximum atomic E-state index is 11.1. The quantitative estimate of drug-likeness (QED) is 0.211. The number of benzene rings is 4. The zero-order chi connectivity index (χ0) is 27.1. The zero-order valence-electron chi connectivity index (χ0n) is 23.5. The van der Waals surface area contributed by atoms with Crippen LogP contribution in [0.5, 0.6) is 0 Å². The van der Waals surface area contributed by atoms with E-state index in [1.54, 1.807) is 0 Å². The first-order valence-corrected chi connectivity index (χ1v) is 14.0. The lowest BCUT2D eigenvalue weighted by Gasteiger charge is -2.32. The van der Waals surface area contributed by atoms with Crippen molar-refractivity contribution in [1.82, 2.24) is 0 Å². The Hall–Kier alpha value is -3.97. The Labute approximate surface area is 228 Å². The van der Waals surface area contributed by atoms with E-state index in [-0.39, 0.29) is 0 Å². The molecule has 0 aliphatic rings. The van der Waals surface area contributed by atoms with Gasteiger partial charge in [-0.2, -0.15) is 5.26 Å². The van der Waals surface area contributed by atoms with E-state index < -0.39 is 5.41 Å². The molecule has 0 spiro atoms. The first-order valence-electron chi connectivity index (χ1n) is 14.0. The second-order valence-corrected chi connectivity index (χ2v) is 9.54. The topological polar surface area (TPSA) is 42.3 Å². The molecule has 0 saturated heterocycles. The second kappa shape index (κ2) is 12.0. The Morgan fingerprint density at radius 1 is 0.632 bits per heavy atom. The number of anilines is 3. The first-order chi connectivity index (χ1) is 18.6. The van der Waals surface area contributed by atoms with Gasteiger partial charge in [-0.05, 0) is 87.0 Å². The van der Waals surface area contributed by atoms with Gasteiger partial charge in [0.1, 0.15) is 5.41 Å². The summed E-state index contributed by atoms with van der Waals surface area (Å²) in [6, 6.07) is 32.7. The molecular weight excluding hydrogens is 464 g/mol. The Morgan fingerprint density at radius 3 is 1.53 bits per heavy atom. The average molecular weight is 505 g/mol. The summed E-state index contributed by atoms with van der Waals surface area (Å²) in [5, 5.41) is 16.8. The molecule has 0 aliphatic carbocycles. The summed E-state index contributed by atoms with van der Waals surface area (Å²) in [4.78, 5) is 4.66. The Balaban J connectivity index is 1.99. The van der Waals surface area contributed by atoms with Crippen LogP contribution >= 0.6 is 0 Å².